The van der Waals surface area contributed by atoms with Gasteiger partial charge < -0.3 is 24.6 Å². The number of aliphatic hydroxyl groups excluding tert-OH is 1. The Kier molecular flexibility index (Phi) is 9.61. The summed E-state index contributed by atoms with van der Waals surface area (Å²) in [7, 11) is 0. The summed E-state index contributed by atoms with van der Waals surface area (Å²) in [4.78, 5) is 43.7. The highest BCUT2D eigenvalue weighted by Gasteiger charge is 2.46. The topological polar surface area (TPSA) is 115 Å². The highest BCUT2D eigenvalue weighted by Crippen LogP contribution is 2.38. The SMILES string of the molecule is Cc1cn(CC2(O)CCCN(C(=O)[C@H]3CN([C@H]4c5ccc(Cl)cc5CCc5cccnc54)CCN3C(=O)C(O)C3CCCCC3)C2)cn1. The Bertz CT molecular complexity index is 1640. The second-order valence-corrected chi connectivity index (χ2v) is 14.9. The monoisotopic (exact) mass is 674 g/mol. The van der Waals surface area contributed by atoms with Crippen LogP contribution in [-0.4, -0.2) is 102 Å². The Morgan fingerprint density at radius 2 is 1.85 bits per heavy atom. The number of piperidine rings is 1. The molecule has 2 amide bonds. The number of β-amino-alcohol motifs (C(OH)–C–C–N with tert-alkyl or cyclic N) is 1. The number of rotatable bonds is 6. The van der Waals surface area contributed by atoms with Crippen molar-refractivity contribution < 1.29 is 19.8 Å². The number of aliphatic hydroxyl groups is 2. The van der Waals surface area contributed by atoms with Crippen LogP contribution >= 0.6 is 11.6 Å². The zero-order chi connectivity index (χ0) is 33.4. The van der Waals surface area contributed by atoms with E-state index in [1.54, 1.807) is 16.1 Å². The minimum absolute atomic E-state index is 0.0895. The Morgan fingerprint density at radius 1 is 1.04 bits per heavy atom. The number of fused-ring (bicyclic) bond motifs is 2. The lowest BCUT2D eigenvalue weighted by atomic mass is 9.84. The number of imidazole rings is 1. The zero-order valence-electron chi connectivity index (χ0n) is 27.8. The van der Waals surface area contributed by atoms with Crippen molar-refractivity contribution in [1.82, 2.24) is 29.2 Å². The number of hydrogen-bond donors (Lipinski definition) is 2. The van der Waals surface area contributed by atoms with Gasteiger partial charge in [0, 0.05) is 43.6 Å². The molecule has 48 heavy (non-hydrogen) atoms. The highest BCUT2D eigenvalue weighted by atomic mass is 35.5. The number of amides is 2. The number of carbonyl (C=O) groups excluding carboxylic acids is 2. The third-order valence-corrected chi connectivity index (χ3v) is 11.3. The van der Waals surface area contributed by atoms with E-state index >= 15 is 0 Å². The second kappa shape index (κ2) is 13.9. The molecule has 11 heteroatoms. The van der Waals surface area contributed by atoms with Gasteiger partial charge in [-0.3, -0.25) is 19.5 Å². The summed E-state index contributed by atoms with van der Waals surface area (Å²) in [6, 6.07) is 9.10. The van der Waals surface area contributed by atoms with E-state index in [0.717, 1.165) is 67.5 Å². The van der Waals surface area contributed by atoms with Crippen LogP contribution in [0.5, 0.6) is 0 Å². The van der Waals surface area contributed by atoms with E-state index in [1.165, 1.54) is 5.56 Å². The molecular formula is C37H47ClN6O4. The van der Waals surface area contributed by atoms with Crippen molar-refractivity contribution in [3.8, 4) is 0 Å². The van der Waals surface area contributed by atoms with Crippen molar-refractivity contribution in [3.05, 3.63) is 82.2 Å². The van der Waals surface area contributed by atoms with Gasteiger partial charge in [0.2, 0.25) is 5.91 Å². The van der Waals surface area contributed by atoms with Crippen molar-refractivity contribution in [2.24, 2.45) is 5.92 Å². The van der Waals surface area contributed by atoms with Crippen molar-refractivity contribution in [3.63, 3.8) is 0 Å². The van der Waals surface area contributed by atoms with Gasteiger partial charge in [0.1, 0.15) is 17.7 Å². The molecule has 1 aromatic carbocycles. The quantitative estimate of drug-likeness (QED) is 0.407. The fourth-order valence-electron chi connectivity index (χ4n) is 8.63. The molecule has 0 spiro atoms. The minimum atomic E-state index is -1.13. The molecule has 10 nitrogen and oxygen atoms in total. The molecule has 0 radical (unpaired) electrons. The van der Waals surface area contributed by atoms with Gasteiger partial charge in [-0.1, -0.05) is 43.0 Å². The van der Waals surface area contributed by atoms with Gasteiger partial charge >= 0.3 is 0 Å². The van der Waals surface area contributed by atoms with Gasteiger partial charge in [-0.2, -0.15) is 0 Å². The fourth-order valence-corrected chi connectivity index (χ4v) is 8.82. The molecule has 256 valence electrons. The molecule has 2 unspecified atom stereocenters. The van der Waals surface area contributed by atoms with Crippen LogP contribution in [0.1, 0.15) is 79.1 Å². The van der Waals surface area contributed by atoms with E-state index in [9.17, 15) is 19.8 Å². The van der Waals surface area contributed by atoms with Gasteiger partial charge in [0.15, 0.2) is 0 Å². The number of carbonyl (C=O) groups is 2. The minimum Gasteiger partial charge on any atom is -0.386 e. The molecule has 2 N–H and O–H groups in total. The van der Waals surface area contributed by atoms with E-state index in [-0.39, 0.29) is 30.3 Å². The maximum atomic E-state index is 14.7. The van der Waals surface area contributed by atoms with Gasteiger partial charge in [0.25, 0.3) is 5.91 Å². The number of pyridine rings is 1. The molecule has 2 saturated heterocycles. The molecule has 4 heterocycles. The summed E-state index contributed by atoms with van der Waals surface area (Å²) in [5, 5.41) is 23.8. The Balaban J connectivity index is 1.20. The van der Waals surface area contributed by atoms with Gasteiger partial charge in [0.05, 0.1) is 36.8 Å². The second-order valence-electron chi connectivity index (χ2n) is 14.5. The van der Waals surface area contributed by atoms with Crippen LogP contribution in [0.4, 0.5) is 0 Å². The van der Waals surface area contributed by atoms with Gasteiger partial charge in [-0.15, -0.1) is 0 Å². The van der Waals surface area contributed by atoms with Crippen LogP contribution < -0.4 is 0 Å². The Morgan fingerprint density at radius 3 is 2.65 bits per heavy atom. The lowest BCUT2D eigenvalue weighted by molar-refractivity contribution is -0.160. The molecule has 3 aromatic rings. The number of aromatic nitrogens is 3. The number of aryl methyl sites for hydroxylation is 3. The molecule has 7 rings (SSSR count). The number of nitrogens with zero attached hydrogens (tertiary/aromatic N) is 6. The molecule has 3 fully saturated rings. The summed E-state index contributed by atoms with van der Waals surface area (Å²) in [6.45, 7) is 4.05. The van der Waals surface area contributed by atoms with Gasteiger partial charge in [-0.05, 0) is 86.3 Å². The molecule has 4 atom stereocenters. The first-order valence-corrected chi connectivity index (χ1v) is 18.0. The molecule has 0 bridgehead atoms. The average Bonchev–Trinajstić information content (AvgIpc) is 3.43. The predicted octanol–water partition coefficient (Wildman–Crippen LogP) is 3.94. The first-order chi connectivity index (χ1) is 23.2. The van der Waals surface area contributed by atoms with Crippen LogP contribution in [0.2, 0.25) is 5.02 Å². The van der Waals surface area contributed by atoms with Gasteiger partial charge in [-0.25, -0.2) is 4.98 Å². The maximum Gasteiger partial charge on any atom is 0.252 e. The Hall–Kier alpha value is -3.31. The molecule has 4 aliphatic rings. The van der Waals surface area contributed by atoms with Crippen molar-refractivity contribution >= 4 is 23.4 Å². The predicted molar refractivity (Wildman–Crippen MR) is 182 cm³/mol. The number of piperazine rings is 1. The van der Waals surface area contributed by atoms with Crippen LogP contribution in [0.3, 0.4) is 0 Å². The summed E-state index contributed by atoms with van der Waals surface area (Å²) in [5.41, 5.74) is 4.17. The van der Waals surface area contributed by atoms with E-state index in [0.29, 0.717) is 50.6 Å². The first-order valence-electron chi connectivity index (χ1n) is 17.6. The molecule has 2 aliphatic heterocycles. The summed E-state index contributed by atoms with van der Waals surface area (Å²) < 4.78 is 1.88. The first kappa shape index (κ1) is 33.2. The number of halogens is 1. The number of benzene rings is 1. The summed E-state index contributed by atoms with van der Waals surface area (Å²) in [6.07, 6.45) is 12.0. The average molecular weight is 675 g/mol. The maximum absolute atomic E-state index is 14.7. The highest BCUT2D eigenvalue weighted by molar-refractivity contribution is 6.30. The fraction of sp³-hybridized carbons (Fsp3) is 0.568. The van der Waals surface area contributed by atoms with E-state index in [4.69, 9.17) is 16.6 Å². The van der Waals surface area contributed by atoms with Crippen molar-refractivity contribution in [2.45, 2.75) is 95.0 Å². The summed E-state index contributed by atoms with van der Waals surface area (Å²) in [5.74, 6) is -0.629. The van der Waals surface area contributed by atoms with Crippen LogP contribution in [0, 0.1) is 12.8 Å². The van der Waals surface area contributed by atoms with Crippen molar-refractivity contribution in [2.75, 3.05) is 32.7 Å². The standard InChI is InChI=1S/C37H47ClN6O4/c1-25-20-41(24-40-25)22-37(48)14-6-16-43(23-37)35(46)31-21-42(17-18-44(31)36(47)34(45)27-7-3-2-4-8-27)33-30-13-12-29(38)19-28(30)11-10-26-9-5-15-39-32(26)33/h5,9,12-13,15,19-20,24,27,31,33-34,45,48H,2-4,6-8,10-11,14,16-18,21-23H2,1H3/t31-,33+,34?,37?/m1/s1. The third-order valence-electron chi connectivity index (χ3n) is 11.0. The molecule has 2 aromatic heterocycles. The lowest BCUT2D eigenvalue weighted by Crippen LogP contribution is -2.65. The van der Waals surface area contributed by atoms with E-state index < -0.39 is 17.7 Å². The normalized spacial score (nSPS) is 26.0. The largest absolute Gasteiger partial charge is 0.386 e. The summed E-state index contributed by atoms with van der Waals surface area (Å²) >= 11 is 6.48. The van der Waals surface area contributed by atoms with Crippen LogP contribution in [0.25, 0.3) is 0 Å². The molecule has 2 aliphatic carbocycles. The molecular weight excluding hydrogens is 628 g/mol. The number of likely N-dealkylation sites (tertiary alicyclic amines) is 1. The zero-order valence-corrected chi connectivity index (χ0v) is 28.6. The molecule has 1 saturated carbocycles. The van der Waals surface area contributed by atoms with Crippen LogP contribution in [-0.2, 0) is 29.0 Å². The van der Waals surface area contributed by atoms with E-state index in [2.05, 4.69) is 22.0 Å². The smallest absolute Gasteiger partial charge is 0.252 e. The van der Waals surface area contributed by atoms with Crippen molar-refractivity contribution in [1.29, 1.82) is 0 Å². The number of hydrogen-bond acceptors (Lipinski definition) is 7. The Labute approximate surface area is 287 Å². The van der Waals surface area contributed by atoms with E-state index in [1.807, 2.05) is 42.1 Å². The lowest BCUT2D eigenvalue weighted by Gasteiger charge is -2.47. The third kappa shape index (κ3) is 6.77. The van der Waals surface area contributed by atoms with Crippen LogP contribution in [0.15, 0.2) is 49.1 Å².